The van der Waals surface area contributed by atoms with Gasteiger partial charge in [-0.05, 0) is 0 Å². The number of hydrogen-bond acceptors (Lipinski definition) is 0. The molecule has 0 N–H and O–H groups in total. The third-order valence-electron chi connectivity index (χ3n) is 0. The van der Waals surface area contributed by atoms with Crippen molar-refractivity contribution in [1.82, 2.24) is 0 Å². The van der Waals surface area contributed by atoms with Gasteiger partial charge in [0.25, 0.3) is 0 Å². The van der Waals surface area contributed by atoms with Crippen LogP contribution in [0.1, 0.15) is 0 Å². The first-order chi connectivity index (χ1) is 2.00. The molecule has 0 aromatic heterocycles. The molecule has 0 nitrogen and oxygen atoms in total. The van der Waals surface area contributed by atoms with Gasteiger partial charge in [-0.15, -0.1) is 0 Å². The Morgan fingerprint density at radius 1 is 1.20 bits per heavy atom. The molecule has 0 bridgehead atoms. The average Bonchev–Trinajstić information content (AvgIpc) is 0.722. The van der Waals surface area contributed by atoms with Crippen molar-refractivity contribution >= 4 is 63.4 Å². The number of rotatable bonds is 0. The summed E-state index contributed by atoms with van der Waals surface area (Å²) in [6, 6.07) is 0. The first-order valence-electron chi connectivity index (χ1n) is 0.783. The molecule has 0 aliphatic carbocycles. The van der Waals surface area contributed by atoms with Gasteiger partial charge in [0, 0.05) is 0 Å². The van der Waals surface area contributed by atoms with Crippen LogP contribution in [0.5, 0.6) is 0 Å². The van der Waals surface area contributed by atoms with Gasteiger partial charge in [-0.2, -0.15) is 0 Å². The zero-order valence-corrected chi connectivity index (χ0v) is 10.4. The molecular weight excluding hydrogens is 347 g/mol. The van der Waals surface area contributed by atoms with Gasteiger partial charge in [0.15, 0.2) is 0 Å². The molecule has 0 aliphatic heterocycles. The molecule has 0 aromatic rings. The monoisotopic (exact) mass is 354 g/mol. The Labute approximate surface area is 62.7 Å². The first-order valence-corrected chi connectivity index (χ1v) is 12.2. The molecule has 0 amide bonds. The zero-order valence-electron chi connectivity index (χ0n) is 2.20. The van der Waals surface area contributed by atoms with Crippen LogP contribution in [0.15, 0.2) is 0 Å². The molecule has 32 valence electrons. The molecular formula is H3PSe4. The van der Waals surface area contributed by atoms with Gasteiger partial charge >= 0.3 is 63.4 Å². The molecule has 0 unspecified atom stereocenters. The van der Waals surface area contributed by atoms with E-state index >= 15 is 0 Å². The van der Waals surface area contributed by atoms with Crippen molar-refractivity contribution in [2.24, 2.45) is 0 Å². The van der Waals surface area contributed by atoms with Crippen molar-refractivity contribution in [2.75, 3.05) is 0 Å². The summed E-state index contributed by atoms with van der Waals surface area (Å²) in [6.45, 7) is 0. The summed E-state index contributed by atoms with van der Waals surface area (Å²) in [7, 11) is 0. The van der Waals surface area contributed by atoms with E-state index in [4.69, 9.17) is 0 Å². The van der Waals surface area contributed by atoms with Gasteiger partial charge in [0.1, 0.15) is 0 Å². The van der Waals surface area contributed by atoms with Crippen LogP contribution in [-0.4, -0.2) is 61.8 Å². The van der Waals surface area contributed by atoms with Crippen LogP contribution in [0, 0.1) is 0 Å². The number of hydrogen-bond donors (Lipinski definition) is 0. The fourth-order valence-electron chi connectivity index (χ4n) is 0. The van der Waals surface area contributed by atoms with E-state index in [0.717, 1.165) is 0 Å². The maximum absolute atomic E-state index is 3.01. The van der Waals surface area contributed by atoms with Crippen molar-refractivity contribution in [3.05, 3.63) is 0 Å². The molecule has 0 rings (SSSR count). The normalized spacial score (nSPS) is 11.8. The maximum atomic E-state index is 3.01. The van der Waals surface area contributed by atoms with Crippen LogP contribution in [0.4, 0.5) is 0 Å². The standard InChI is InChI=1S/H3PSe4/c2-1(3,4)5/h(H3,2,3,4,5). The second-order valence-corrected chi connectivity index (χ2v) is 41.6. The summed E-state index contributed by atoms with van der Waals surface area (Å²) < 4.78 is -0.701. The Hall–Kier alpha value is 2.51. The fraction of sp³-hybridized carbons (Fsp3) is 0. The minimum absolute atomic E-state index is 0.701. The van der Waals surface area contributed by atoms with E-state index in [1.165, 1.54) is 0 Å². The third-order valence-corrected chi connectivity index (χ3v) is 0. The summed E-state index contributed by atoms with van der Waals surface area (Å²) in [5.41, 5.74) is 0. The van der Waals surface area contributed by atoms with Crippen LogP contribution >= 0.6 is 1.58 Å². The van der Waals surface area contributed by atoms with Gasteiger partial charge in [0.2, 0.25) is 0 Å². The Balaban J connectivity index is 3.47. The summed E-state index contributed by atoms with van der Waals surface area (Å²) in [6.07, 6.45) is 0. The van der Waals surface area contributed by atoms with Crippen molar-refractivity contribution in [2.45, 2.75) is 0 Å². The van der Waals surface area contributed by atoms with Crippen LogP contribution in [0.25, 0.3) is 0 Å². The quantitative estimate of drug-likeness (QED) is 0.370. The predicted octanol–water partition coefficient (Wildman–Crippen LogP) is -1.47. The van der Waals surface area contributed by atoms with Crippen molar-refractivity contribution in [1.29, 1.82) is 0 Å². The van der Waals surface area contributed by atoms with Gasteiger partial charge in [-0.1, -0.05) is 0 Å². The fourth-order valence-corrected chi connectivity index (χ4v) is 0. The third kappa shape index (κ3) is 21.0. The Morgan fingerprint density at radius 2 is 1.20 bits per heavy atom. The summed E-state index contributed by atoms with van der Waals surface area (Å²) in [5.74, 6) is 0. The van der Waals surface area contributed by atoms with Crippen LogP contribution in [0.2, 0.25) is 0 Å². The topological polar surface area (TPSA) is 0 Å². The van der Waals surface area contributed by atoms with Gasteiger partial charge < -0.3 is 0 Å². The van der Waals surface area contributed by atoms with E-state index in [1.54, 1.807) is 0 Å². The summed E-state index contributed by atoms with van der Waals surface area (Å²) >= 11 is 10.8. The molecule has 0 spiro atoms. The minimum atomic E-state index is -0.701. The molecule has 0 heterocycles. The Bertz CT molecular complexity index is 49.8. The molecule has 0 radical (unpaired) electrons. The molecule has 5 heavy (non-hydrogen) atoms. The van der Waals surface area contributed by atoms with Crippen molar-refractivity contribution in [3.8, 4) is 0 Å². The molecule has 5 heteroatoms. The molecule has 0 atom stereocenters. The van der Waals surface area contributed by atoms with Crippen LogP contribution in [0.3, 0.4) is 0 Å². The second-order valence-electron chi connectivity index (χ2n) is 0.513. The van der Waals surface area contributed by atoms with Gasteiger partial charge in [-0.25, -0.2) is 0 Å². The SMILES string of the molecule is [Se]=P([SeH])([SeH])[SeH]. The van der Waals surface area contributed by atoms with E-state index in [-0.39, 0.29) is 0 Å². The molecule has 0 saturated carbocycles. The average molecular weight is 350 g/mol. The van der Waals surface area contributed by atoms with Crippen LogP contribution in [-0.2, 0) is 0 Å². The van der Waals surface area contributed by atoms with Crippen LogP contribution < -0.4 is 0 Å². The van der Waals surface area contributed by atoms with Gasteiger partial charge in [0.05, 0.1) is 0 Å². The Kier molecular flexibility index (Phi) is 4.10. The molecule has 0 aliphatic rings. The van der Waals surface area contributed by atoms with E-state index in [9.17, 15) is 0 Å². The summed E-state index contributed by atoms with van der Waals surface area (Å²) in [4.78, 5) is 0. The van der Waals surface area contributed by atoms with Crippen molar-refractivity contribution in [3.63, 3.8) is 0 Å². The zero-order chi connectivity index (χ0) is 4.50. The van der Waals surface area contributed by atoms with Gasteiger partial charge in [-0.3, -0.25) is 0 Å². The van der Waals surface area contributed by atoms with Crippen molar-refractivity contribution < 1.29 is 0 Å². The molecule has 0 aromatic carbocycles. The first kappa shape index (κ1) is 7.51. The molecule has 0 saturated heterocycles. The second kappa shape index (κ2) is 2.73. The van der Waals surface area contributed by atoms with E-state index in [2.05, 4.69) is 61.8 Å². The van der Waals surface area contributed by atoms with E-state index in [1.807, 2.05) is 0 Å². The predicted molar refractivity (Wildman–Crippen MR) is 34.1 cm³/mol. The van der Waals surface area contributed by atoms with E-state index in [0.29, 0.717) is 0 Å². The van der Waals surface area contributed by atoms with E-state index < -0.39 is 1.58 Å². The summed E-state index contributed by atoms with van der Waals surface area (Å²) in [5, 5.41) is 0. The molecule has 0 fully saturated rings. The Morgan fingerprint density at radius 3 is 1.20 bits per heavy atom.